The first-order chi connectivity index (χ1) is 11.5. The average molecular weight is 323 g/mol. The molecule has 0 atom stereocenters. The summed E-state index contributed by atoms with van der Waals surface area (Å²) in [4.78, 5) is 24.7. The standard InChI is InChI=1S/C19H17NO4/c1-11-7-8-16(23-3)15(9-11)20-18(21)14-10-13-6-4-5-12(2)17(13)24-19(14)22/h4-10H,1-3H3,(H,20,21). The molecule has 0 fully saturated rings. The van der Waals surface area contributed by atoms with Gasteiger partial charge in [0.1, 0.15) is 16.9 Å². The predicted octanol–water partition coefficient (Wildman–Crippen LogP) is 3.67. The van der Waals surface area contributed by atoms with Gasteiger partial charge in [-0.05, 0) is 43.2 Å². The molecule has 2 aromatic carbocycles. The van der Waals surface area contributed by atoms with Gasteiger partial charge in [-0.15, -0.1) is 0 Å². The molecule has 0 radical (unpaired) electrons. The third-order valence-electron chi connectivity index (χ3n) is 3.80. The lowest BCUT2D eigenvalue weighted by atomic mass is 10.1. The van der Waals surface area contributed by atoms with Crippen molar-refractivity contribution in [3.8, 4) is 5.75 Å². The lowest BCUT2D eigenvalue weighted by Gasteiger charge is -2.11. The molecule has 122 valence electrons. The van der Waals surface area contributed by atoms with Crippen molar-refractivity contribution in [1.82, 2.24) is 0 Å². The van der Waals surface area contributed by atoms with Crippen LogP contribution in [0.4, 0.5) is 5.69 Å². The molecule has 0 saturated heterocycles. The third-order valence-corrected chi connectivity index (χ3v) is 3.80. The van der Waals surface area contributed by atoms with Crippen molar-refractivity contribution in [2.75, 3.05) is 12.4 Å². The Balaban J connectivity index is 2.02. The number of para-hydroxylation sites is 1. The minimum atomic E-state index is -0.666. The number of fused-ring (bicyclic) bond motifs is 1. The van der Waals surface area contributed by atoms with E-state index >= 15 is 0 Å². The number of anilines is 1. The number of hydrogen-bond acceptors (Lipinski definition) is 4. The largest absolute Gasteiger partial charge is 0.495 e. The summed E-state index contributed by atoms with van der Waals surface area (Å²) in [5.74, 6) is -0.00831. The summed E-state index contributed by atoms with van der Waals surface area (Å²) in [7, 11) is 1.52. The molecule has 0 bridgehead atoms. The number of amides is 1. The maximum absolute atomic E-state index is 12.5. The summed E-state index contributed by atoms with van der Waals surface area (Å²) >= 11 is 0. The Bertz CT molecular complexity index is 988. The van der Waals surface area contributed by atoms with Gasteiger partial charge in [-0.1, -0.05) is 24.3 Å². The van der Waals surface area contributed by atoms with Crippen LogP contribution in [0.5, 0.6) is 5.75 Å². The number of methoxy groups -OCH3 is 1. The molecule has 3 aromatic rings. The van der Waals surface area contributed by atoms with Crippen LogP contribution in [-0.2, 0) is 0 Å². The summed E-state index contributed by atoms with van der Waals surface area (Å²) in [5, 5.41) is 3.42. The number of carbonyl (C=O) groups excluding carboxylic acids is 1. The minimum absolute atomic E-state index is 0.0448. The van der Waals surface area contributed by atoms with E-state index in [0.29, 0.717) is 22.4 Å². The second-order valence-corrected chi connectivity index (χ2v) is 5.60. The van der Waals surface area contributed by atoms with E-state index < -0.39 is 11.5 Å². The molecule has 0 aliphatic carbocycles. The van der Waals surface area contributed by atoms with Crippen LogP contribution in [0.3, 0.4) is 0 Å². The van der Waals surface area contributed by atoms with E-state index in [4.69, 9.17) is 9.15 Å². The van der Waals surface area contributed by atoms with Gasteiger partial charge < -0.3 is 14.5 Å². The van der Waals surface area contributed by atoms with Crippen molar-refractivity contribution in [3.63, 3.8) is 0 Å². The number of ether oxygens (including phenoxy) is 1. The lowest BCUT2D eigenvalue weighted by molar-refractivity contribution is 0.102. The number of hydrogen-bond donors (Lipinski definition) is 1. The minimum Gasteiger partial charge on any atom is -0.495 e. The van der Waals surface area contributed by atoms with E-state index in [1.54, 1.807) is 24.3 Å². The Kier molecular flexibility index (Phi) is 4.08. The molecule has 1 heterocycles. The van der Waals surface area contributed by atoms with Crippen molar-refractivity contribution in [3.05, 3.63) is 69.6 Å². The fraction of sp³-hybridized carbons (Fsp3) is 0.158. The highest BCUT2D eigenvalue weighted by Crippen LogP contribution is 2.26. The normalized spacial score (nSPS) is 10.6. The molecule has 1 aromatic heterocycles. The molecule has 5 nitrogen and oxygen atoms in total. The number of nitrogens with one attached hydrogen (secondary N) is 1. The molecule has 24 heavy (non-hydrogen) atoms. The van der Waals surface area contributed by atoms with E-state index in [1.165, 1.54) is 7.11 Å². The van der Waals surface area contributed by atoms with Crippen molar-refractivity contribution in [1.29, 1.82) is 0 Å². The first-order valence-electron chi connectivity index (χ1n) is 7.49. The zero-order valence-corrected chi connectivity index (χ0v) is 13.7. The molecular weight excluding hydrogens is 306 g/mol. The molecule has 0 aliphatic heterocycles. The summed E-state index contributed by atoms with van der Waals surface area (Å²) in [6.07, 6.45) is 0. The van der Waals surface area contributed by atoms with Gasteiger partial charge in [0.05, 0.1) is 12.8 Å². The van der Waals surface area contributed by atoms with Crippen LogP contribution in [0.15, 0.2) is 51.7 Å². The predicted molar refractivity (Wildman–Crippen MR) is 92.9 cm³/mol. The van der Waals surface area contributed by atoms with E-state index in [2.05, 4.69) is 5.32 Å². The molecular formula is C19H17NO4. The van der Waals surface area contributed by atoms with Gasteiger partial charge in [-0.2, -0.15) is 0 Å². The summed E-state index contributed by atoms with van der Waals surface area (Å²) in [6, 6.07) is 12.5. The Morgan fingerprint density at radius 2 is 1.92 bits per heavy atom. The van der Waals surface area contributed by atoms with Crippen molar-refractivity contribution < 1.29 is 13.9 Å². The van der Waals surface area contributed by atoms with E-state index in [1.807, 2.05) is 32.0 Å². The second kappa shape index (κ2) is 6.20. The highest BCUT2D eigenvalue weighted by Gasteiger charge is 2.16. The molecule has 1 N–H and O–H groups in total. The Hall–Kier alpha value is -3.08. The molecule has 1 amide bonds. The van der Waals surface area contributed by atoms with Gasteiger partial charge in [0.2, 0.25) is 0 Å². The maximum Gasteiger partial charge on any atom is 0.349 e. The van der Waals surface area contributed by atoms with Crippen LogP contribution < -0.4 is 15.7 Å². The van der Waals surface area contributed by atoms with Crippen LogP contribution in [0.1, 0.15) is 21.5 Å². The van der Waals surface area contributed by atoms with Crippen LogP contribution in [0.2, 0.25) is 0 Å². The first kappa shape index (κ1) is 15.8. The number of rotatable bonds is 3. The number of aryl methyl sites for hydroxylation is 2. The van der Waals surface area contributed by atoms with Crippen molar-refractivity contribution in [2.45, 2.75) is 13.8 Å². The van der Waals surface area contributed by atoms with Crippen LogP contribution in [0, 0.1) is 13.8 Å². The average Bonchev–Trinajstić information content (AvgIpc) is 2.55. The zero-order chi connectivity index (χ0) is 17.3. The molecule has 0 saturated carbocycles. The molecule has 0 aliphatic rings. The van der Waals surface area contributed by atoms with E-state index in [9.17, 15) is 9.59 Å². The van der Waals surface area contributed by atoms with Gasteiger partial charge in [0.15, 0.2) is 0 Å². The van der Waals surface area contributed by atoms with Crippen molar-refractivity contribution >= 4 is 22.6 Å². The fourth-order valence-electron chi connectivity index (χ4n) is 2.56. The number of carbonyl (C=O) groups is 1. The van der Waals surface area contributed by atoms with Gasteiger partial charge in [0, 0.05) is 5.39 Å². The Morgan fingerprint density at radius 1 is 1.12 bits per heavy atom. The highest BCUT2D eigenvalue weighted by atomic mass is 16.5. The molecule has 0 unspecified atom stereocenters. The van der Waals surface area contributed by atoms with Crippen molar-refractivity contribution in [2.24, 2.45) is 0 Å². The second-order valence-electron chi connectivity index (χ2n) is 5.60. The monoisotopic (exact) mass is 323 g/mol. The Labute approximate surface area is 138 Å². The third kappa shape index (κ3) is 2.88. The molecule has 0 spiro atoms. The van der Waals surface area contributed by atoms with Gasteiger partial charge in [-0.3, -0.25) is 4.79 Å². The van der Waals surface area contributed by atoms with Crippen LogP contribution in [-0.4, -0.2) is 13.0 Å². The summed E-state index contributed by atoms with van der Waals surface area (Å²) in [6.45, 7) is 3.75. The fourth-order valence-corrected chi connectivity index (χ4v) is 2.56. The van der Waals surface area contributed by atoms with Gasteiger partial charge >= 0.3 is 5.63 Å². The maximum atomic E-state index is 12.5. The van der Waals surface area contributed by atoms with E-state index in [0.717, 1.165) is 11.1 Å². The SMILES string of the molecule is COc1ccc(C)cc1NC(=O)c1cc2cccc(C)c2oc1=O. The smallest absolute Gasteiger partial charge is 0.349 e. The molecule has 3 rings (SSSR count). The van der Waals surface area contributed by atoms with Gasteiger partial charge in [0.25, 0.3) is 5.91 Å². The topological polar surface area (TPSA) is 68.5 Å². The Morgan fingerprint density at radius 3 is 2.67 bits per heavy atom. The number of benzene rings is 2. The van der Waals surface area contributed by atoms with Crippen LogP contribution in [0.25, 0.3) is 11.0 Å². The summed E-state index contributed by atoms with van der Waals surface area (Å²) < 4.78 is 10.6. The van der Waals surface area contributed by atoms with E-state index in [-0.39, 0.29) is 5.56 Å². The lowest BCUT2D eigenvalue weighted by Crippen LogP contribution is -2.21. The summed E-state index contributed by atoms with van der Waals surface area (Å²) in [5.41, 5.74) is 2.10. The molecule has 5 heteroatoms. The quantitative estimate of drug-likeness (QED) is 0.747. The zero-order valence-electron chi connectivity index (χ0n) is 13.7. The first-order valence-corrected chi connectivity index (χ1v) is 7.49. The van der Waals surface area contributed by atoms with Gasteiger partial charge in [-0.25, -0.2) is 4.79 Å². The highest BCUT2D eigenvalue weighted by molar-refractivity contribution is 6.06. The van der Waals surface area contributed by atoms with Crippen LogP contribution >= 0.6 is 0 Å².